The molecule has 1 spiro atoms. The molecule has 9 heteroatoms. The first-order valence-electron chi connectivity index (χ1n) is 9.11. The van der Waals surface area contributed by atoms with Gasteiger partial charge in [-0.2, -0.15) is 0 Å². The highest BCUT2D eigenvalue weighted by Gasteiger charge is 2.42. The fraction of sp³-hybridized carbons (Fsp3) is 0.706. The number of sulfonamides is 1. The van der Waals surface area contributed by atoms with Gasteiger partial charge in [0.1, 0.15) is 4.21 Å². The summed E-state index contributed by atoms with van der Waals surface area (Å²) in [5.41, 5.74) is 0.273. The van der Waals surface area contributed by atoms with Crippen molar-refractivity contribution in [2.45, 2.75) is 30.9 Å². The van der Waals surface area contributed by atoms with Crippen LogP contribution >= 0.6 is 11.3 Å². The maximum Gasteiger partial charge on any atom is 0.250 e. The van der Waals surface area contributed by atoms with E-state index in [-0.39, 0.29) is 12.0 Å². The minimum Gasteiger partial charge on any atom is -0.381 e. The molecule has 2 aliphatic heterocycles. The van der Waals surface area contributed by atoms with E-state index in [0.29, 0.717) is 10.8 Å². The molecule has 0 aromatic carbocycles. The van der Waals surface area contributed by atoms with Gasteiger partial charge < -0.3 is 15.0 Å². The number of rotatable bonds is 6. The maximum atomic E-state index is 12.3. The highest BCUT2D eigenvalue weighted by atomic mass is 32.2. The van der Waals surface area contributed by atoms with Gasteiger partial charge in [0.2, 0.25) is 10.0 Å². The molecule has 7 nitrogen and oxygen atoms in total. The summed E-state index contributed by atoms with van der Waals surface area (Å²) < 4.78 is 33.1. The Bertz CT molecular complexity index is 739. The van der Waals surface area contributed by atoms with E-state index in [0.717, 1.165) is 56.5 Å². The molecule has 1 aromatic heterocycles. The first kappa shape index (κ1) is 19.6. The second-order valence-corrected chi connectivity index (χ2v) is 10.3. The minimum absolute atomic E-state index is 0.273. The first-order chi connectivity index (χ1) is 12.4. The van der Waals surface area contributed by atoms with E-state index in [1.54, 1.807) is 6.07 Å². The SMILES string of the molecule is CCNC(=NCCNS(=O)(=O)c1ccc(C)s1)N1CCC2(CCOC2)C1. The molecule has 3 heterocycles. The van der Waals surface area contributed by atoms with Crippen molar-refractivity contribution >= 4 is 27.3 Å². The first-order valence-corrected chi connectivity index (χ1v) is 11.4. The fourth-order valence-corrected chi connectivity index (χ4v) is 5.83. The van der Waals surface area contributed by atoms with Gasteiger partial charge in [-0.1, -0.05) is 0 Å². The van der Waals surface area contributed by atoms with Gasteiger partial charge >= 0.3 is 0 Å². The summed E-state index contributed by atoms with van der Waals surface area (Å²) in [6.45, 7) is 9.04. The second-order valence-electron chi connectivity index (χ2n) is 6.97. The fourth-order valence-electron chi connectivity index (χ4n) is 3.48. The lowest BCUT2D eigenvalue weighted by Crippen LogP contribution is -2.42. The second kappa shape index (κ2) is 8.24. The summed E-state index contributed by atoms with van der Waals surface area (Å²) in [6.07, 6.45) is 2.24. The van der Waals surface area contributed by atoms with Crippen LogP contribution in [0.4, 0.5) is 0 Å². The molecular weight excluding hydrogens is 372 g/mol. The van der Waals surface area contributed by atoms with E-state index in [4.69, 9.17) is 4.74 Å². The van der Waals surface area contributed by atoms with Crippen molar-refractivity contribution in [2.24, 2.45) is 10.4 Å². The Labute approximate surface area is 159 Å². The zero-order valence-corrected chi connectivity index (χ0v) is 17.1. The molecule has 2 aliphatic rings. The average Bonchev–Trinajstić information content (AvgIpc) is 3.34. The zero-order chi connectivity index (χ0) is 18.6. The van der Waals surface area contributed by atoms with Gasteiger partial charge in [0, 0.05) is 43.1 Å². The molecule has 26 heavy (non-hydrogen) atoms. The van der Waals surface area contributed by atoms with Crippen molar-refractivity contribution in [2.75, 3.05) is 45.9 Å². The molecule has 1 aromatic rings. The molecule has 1 unspecified atom stereocenters. The highest BCUT2D eigenvalue weighted by Crippen LogP contribution is 2.38. The van der Waals surface area contributed by atoms with Crippen LogP contribution in [0.2, 0.25) is 0 Å². The molecule has 146 valence electrons. The lowest BCUT2D eigenvalue weighted by molar-refractivity contribution is 0.156. The van der Waals surface area contributed by atoms with Crippen LogP contribution in [0.25, 0.3) is 0 Å². The summed E-state index contributed by atoms with van der Waals surface area (Å²) in [5, 5.41) is 3.32. The molecule has 0 aliphatic carbocycles. The number of thiophene rings is 1. The summed E-state index contributed by atoms with van der Waals surface area (Å²) in [7, 11) is -3.44. The van der Waals surface area contributed by atoms with E-state index in [9.17, 15) is 8.42 Å². The van der Waals surface area contributed by atoms with Gasteiger partial charge in [-0.15, -0.1) is 11.3 Å². The van der Waals surface area contributed by atoms with Gasteiger partial charge in [0.05, 0.1) is 13.2 Å². The molecule has 2 saturated heterocycles. The van der Waals surface area contributed by atoms with E-state index in [2.05, 4.69) is 19.9 Å². The van der Waals surface area contributed by atoms with Crippen LogP contribution < -0.4 is 10.0 Å². The van der Waals surface area contributed by atoms with Gasteiger partial charge in [0.25, 0.3) is 0 Å². The van der Waals surface area contributed by atoms with Crippen molar-refractivity contribution in [3.8, 4) is 0 Å². The Kier molecular flexibility index (Phi) is 6.21. The summed E-state index contributed by atoms with van der Waals surface area (Å²) in [5.74, 6) is 0.863. The normalized spacial score (nSPS) is 23.9. The van der Waals surface area contributed by atoms with Gasteiger partial charge in [0.15, 0.2) is 5.96 Å². The number of nitrogens with zero attached hydrogens (tertiary/aromatic N) is 2. The monoisotopic (exact) mass is 400 g/mol. The van der Waals surface area contributed by atoms with Crippen molar-refractivity contribution in [1.82, 2.24) is 14.9 Å². The molecule has 0 saturated carbocycles. The van der Waals surface area contributed by atoms with Crippen molar-refractivity contribution in [1.29, 1.82) is 0 Å². The topological polar surface area (TPSA) is 83.0 Å². The van der Waals surface area contributed by atoms with Crippen LogP contribution in [0.5, 0.6) is 0 Å². The molecule has 3 rings (SSSR count). The Hall–Kier alpha value is -1.16. The predicted molar refractivity (Wildman–Crippen MR) is 104 cm³/mol. The standard InChI is InChI=1S/C17H28N4O3S2/c1-3-18-16(21-10-6-17(12-21)7-11-24-13-17)19-8-9-20-26(22,23)15-5-4-14(2)25-15/h4-5,20H,3,6-13H2,1-2H3,(H,18,19). The van der Waals surface area contributed by atoms with Crippen LogP contribution in [0.3, 0.4) is 0 Å². The average molecular weight is 401 g/mol. The van der Waals surface area contributed by atoms with Crippen LogP contribution in [0.15, 0.2) is 21.3 Å². The molecule has 0 amide bonds. The van der Waals surface area contributed by atoms with E-state index in [1.165, 1.54) is 11.3 Å². The third-order valence-electron chi connectivity index (χ3n) is 4.90. The number of hydrogen-bond donors (Lipinski definition) is 2. The Morgan fingerprint density at radius 2 is 2.27 bits per heavy atom. The van der Waals surface area contributed by atoms with Gasteiger partial charge in [-0.25, -0.2) is 13.1 Å². The van der Waals surface area contributed by atoms with Crippen LogP contribution in [0, 0.1) is 12.3 Å². The molecule has 1 atom stereocenters. The van der Waals surface area contributed by atoms with Gasteiger partial charge in [-0.05, 0) is 38.8 Å². The lowest BCUT2D eigenvalue weighted by Gasteiger charge is -2.25. The number of aliphatic imine (C=N–C) groups is 1. The van der Waals surface area contributed by atoms with E-state index >= 15 is 0 Å². The Balaban J connectivity index is 1.55. The predicted octanol–water partition coefficient (Wildman–Crippen LogP) is 1.41. The van der Waals surface area contributed by atoms with Crippen molar-refractivity contribution < 1.29 is 13.2 Å². The smallest absolute Gasteiger partial charge is 0.250 e. The zero-order valence-electron chi connectivity index (χ0n) is 15.5. The summed E-state index contributed by atoms with van der Waals surface area (Å²) in [6, 6.07) is 3.46. The van der Waals surface area contributed by atoms with Crippen LogP contribution in [-0.4, -0.2) is 65.2 Å². The number of nitrogens with one attached hydrogen (secondary N) is 2. The van der Waals surface area contributed by atoms with E-state index in [1.807, 2.05) is 19.9 Å². The Morgan fingerprint density at radius 3 is 2.92 bits per heavy atom. The number of aryl methyl sites for hydroxylation is 1. The van der Waals surface area contributed by atoms with Gasteiger partial charge in [-0.3, -0.25) is 4.99 Å². The minimum atomic E-state index is -3.44. The number of guanidine groups is 1. The third-order valence-corrected chi connectivity index (χ3v) is 7.86. The number of ether oxygens (including phenoxy) is 1. The van der Waals surface area contributed by atoms with Crippen LogP contribution in [0.1, 0.15) is 24.6 Å². The lowest BCUT2D eigenvalue weighted by atomic mass is 9.87. The molecule has 2 N–H and O–H groups in total. The quantitative estimate of drug-likeness (QED) is 0.429. The van der Waals surface area contributed by atoms with Crippen molar-refractivity contribution in [3.63, 3.8) is 0 Å². The summed E-state index contributed by atoms with van der Waals surface area (Å²) >= 11 is 1.28. The molecule has 0 radical (unpaired) electrons. The maximum absolute atomic E-state index is 12.3. The molecule has 0 bridgehead atoms. The van der Waals surface area contributed by atoms with Crippen LogP contribution in [-0.2, 0) is 14.8 Å². The highest BCUT2D eigenvalue weighted by molar-refractivity contribution is 7.91. The Morgan fingerprint density at radius 1 is 1.42 bits per heavy atom. The summed E-state index contributed by atoms with van der Waals surface area (Å²) in [4.78, 5) is 7.88. The van der Waals surface area contributed by atoms with Crippen molar-refractivity contribution in [3.05, 3.63) is 17.0 Å². The number of hydrogen-bond acceptors (Lipinski definition) is 5. The molecular formula is C17H28N4O3S2. The van der Waals surface area contributed by atoms with E-state index < -0.39 is 10.0 Å². The molecule has 2 fully saturated rings. The number of likely N-dealkylation sites (tertiary alicyclic amines) is 1. The largest absolute Gasteiger partial charge is 0.381 e. The third kappa shape index (κ3) is 4.57.